The van der Waals surface area contributed by atoms with E-state index in [9.17, 15) is 9.59 Å². The number of hydrogen-bond acceptors (Lipinski definition) is 5. The third-order valence-corrected chi connectivity index (χ3v) is 4.81. The van der Waals surface area contributed by atoms with Crippen molar-refractivity contribution in [2.24, 2.45) is 7.05 Å². The molecule has 3 aromatic rings. The lowest BCUT2D eigenvalue weighted by molar-refractivity contribution is -0.107. The smallest absolute Gasteiger partial charge is 0.269 e. The van der Waals surface area contributed by atoms with E-state index in [2.05, 4.69) is 10.3 Å². The van der Waals surface area contributed by atoms with Crippen LogP contribution in [0.3, 0.4) is 0 Å². The van der Waals surface area contributed by atoms with Crippen LogP contribution in [0.15, 0.2) is 53.6 Å². The minimum atomic E-state index is -0.255. The number of aromatic nitrogens is 2. The van der Waals surface area contributed by atoms with E-state index < -0.39 is 0 Å². The normalized spacial score (nSPS) is 10.6. The van der Waals surface area contributed by atoms with Gasteiger partial charge >= 0.3 is 0 Å². The summed E-state index contributed by atoms with van der Waals surface area (Å²) in [6, 6.07) is 11.2. The number of aldehydes is 1. The molecule has 150 valence electrons. The first-order chi connectivity index (χ1) is 14.0. The van der Waals surface area contributed by atoms with Crippen LogP contribution in [-0.4, -0.2) is 22.9 Å². The lowest BCUT2D eigenvalue weighted by Crippen LogP contribution is -2.16. The number of benzene rings is 1. The Bertz CT molecular complexity index is 1040. The Morgan fingerprint density at radius 3 is 2.72 bits per heavy atom. The fraction of sp³-hybridized carbons (Fsp3) is 0.227. The Morgan fingerprint density at radius 1 is 1.24 bits per heavy atom. The minimum Gasteiger partial charge on any atom is -0.485 e. The van der Waals surface area contributed by atoms with Crippen molar-refractivity contribution in [3.05, 3.63) is 75.4 Å². The van der Waals surface area contributed by atoms with E-state index in [-0.39, 0.29) is 10.6 Å². The van der Waals surface area contributed by atoms with E-state index in [0.29, 0.717) is 25.2 Å². The summed E-state index contributed by atoms with van der Waals surface area (Å²) in [6.45, 7) is 0.306. The van der Waals surface area contributed by atoms with Crippen LogP contribution in [0.4, 0.5) is 5.69 Å². The van der Waals surface area contributed by atoms with E-state index in [0.717, 1.165) is 34.4 Å². The van der Waals surface area contributed by atoms with Gasteiger partial charge in [-0.3, -0.25) is 9.78 Å². The third-order valence-electron chi connectivity index (χ3n) is 4.54. The molecule has 0 spiro atoms. The van der Waals surface area contributed by atoms with E-state index in [4.69, 9.17) is 16.3 Å². The fourth-order valence-electron chi connectivity index (χ4n) is 3.11. The van der Waals surface area contributed by atoms with E-state index >= 15 is 0 Å². The molecule has 1 aromatic carbocycles. The van der Waals surface area contributed by atoms with Gasteiger partial charge in [0.1, 0.15) is 23.7 Å². The zero-order valence-corrected chi connectivity index (χ0v) is 17.1. The predicted molar refractivity (Wildman–Crippen MR) is 115 cm³/mol. The maximum Gasteiger partial charge on any atom is 0.269 e. The zero-order chi connectivity index (χ0) is 20.8. The molecule has 0 amide bonds. The first-order valence-corrected chi connectivity index (χ1v) is 9.59. The summed E-state index contributed by atoms with van der Waals surface area (Å²) in [7, 11) is 3.47. The third kappa shape index (κ3) is 4.84. The van der Waals surface area contributed by atoms with E-state index in [1.165, 1.54) is 4.57 Å². The van der Waals surface area contributed by atoms with Gasteiger partial charge in [0.05, 0.1) is 11.4 Å². The molecule has 0 atom stereocenters. The number of ether oxygens (including phenoxy) is 1. The Hall–Kier alpha value is -3.12. The van der Waals surface area contributed by atoms with Gasteiger partial charge in [0, 0.05) is 32.9 Å². The summed E-state index contributed by atoms with van der Waals surface area (Å²) in [5.74, 6) is 0.640. The molecule has 7 heteroatoms. The molecule has 0 aliphatic heterocycles. The van der Waals surface area contributed by atoms with Crippen LogP contribution in [0.25, 0.3) is 11.1 Å². The number of carbonyl (C=O) groups is 1. The standard InChI is InChI=1S/C22H22ClN3O3/c1-24-21-15(6-5-9-27)10-16(17-11-19(23)22(28)26(2)13-17)12-20(21)29-14-18-7-3-4-8-25-18/h3-4,7-13,24H,5-6,14H2,1-2H3. The topological polar surface area (TPSA) is 73.2 Å². The fourth-order valence-corrected chi connectivity index (χ4v) is 3.36. The van der Waals surface area contributed by atoms with Gasteiger partial charge in [-0.15, -0.1) is 0 Å². The molecular formula is C22H22ClN3O3. The summed E-state index contributed by atoms with van der Waals surface area (Å²) in [6.07, 6.45) is 5.30. The van der Waals surface area contributed by atoms with Gasteiger partial charge in [-0.25, -0.2) is 0 Å². The Kier molecular flexibility index (Phi) is 6.67. The summed E-state index contributed by atoms with van der Waals surface area (Å²) in [5, 5.41) is 3.32. The highest BCUT2D eigenvalue weighted by Crippen LogP contribution is 2.36. The highest BCUT2D eigenvalue weighted by molar-refractivity contribution is 6.30. The van der Waals surface area contributed by atoms with Crippen LogP contribution < -0.4 is 15.6 Å². The highest BCUT2D eigenvalue weighted by atomic mass is 35.5. The first-order valence-electron chi connectivity index (χ1n) is 9.21. The molecule has 0 bridgehead atoms. The molecule has 0 aliphatic rings. The molecule has 0 fully saturated rings. The lowest BCUT2D eigenvalue weighted by Gasteiger charge is -2.18. The molecule has 0 radical (unpaired) electrons. The summed E-state index contributed by atoms with van der Waals surface area (Å²) < 4.78 is 7.51. The van der Waals surface area contributed by atoms with Crippen molar-refractivity contribution < 1.29 is 9.53 Å². The van der Waals surface area contributed by atoms with E-state index in [1.54, 1.807) is 25.5 Å². The van der Waals surface area contributed by atoms with Crippen molar-refractivity contribution in [1.29, 1.82) is 0 Å². The average molecular weight is 412 g/mol. The number of nitrogens with one attached hydrogen (secondary N) is 1. The molecule has 1 N–H and O–H groups in total. The molecule has 2 heterocycles. The predicted octanol–water partition coefficient (Wildman–Crippen LogP) is 3.85. The van der Waals surface area contributed by atoms with Crippen molar-refractivity contribution in [3.63, 3.8) is 0 Å². The summed E-state index contributed by atoms with van der Waals surface area (Å²) in [5.41, 5.74) is 3.95. The van der Waals surface area contributed by atoms with E-state index in [1.807, 2.05) is 37.4 Å². The second kappa shape index (κ2) is 9.39. The quantitative estimate of drug-likeness (QED) is 0.570. The van der Waals surface area contributed by atoms with Gasteiger partial charge < -0.3 is 19.4 Å². The van der Waals surface area contributed by atoms with Gasteiger partial charge in [0.15, 0.2) is 0 Å². The molecule has 0 saturated carbocycles. The number of pyridine rings is 2. The number of carbonyl (C=O) groups excluding carboxylic acids is 1. The number of nitrogens with zero attached hydrogens (tertiary/aromatic N) is 2. The maximum absolute atomic E-state index is 11.9. The van der Waals surface area contributed by atoms with Gasteiger partial charge in [-0.2, -0.15) is 0 Å². The average Bonchev–Trinajstić information content (AvgIpc) is 2.74. The Morgan fingerprint density at radius 2 is 2.07 bits per heavy atom. The molecular weight excluding hydrogens is 390 g/mol. The number of rotatable bonds is 8. The van der Waals surface area contributed by atoms with Crippen molar-refractivity contribution in [1.82, 2.24) is 9.55 Å². The van der Waals surface area contributed by atoms with Crippen molar-refractivity contribution >= 4 is 23.6 Å². The van der Waals surface area contributed by atoms with Crippen molar-refractivity contribution in [2.75, 3.05) is 12.4 Å². The van der Waals surface area contributed by atoms with Gasteiger partial charge in [-0.1, -0.05) is 17.7 Å². The SMILES string of the molecule is CNc1c(CCC=O)cc(-c2cc(Cl)c(=O)n(C)c2)cc1OCc1ccccn1. The first kappa shape index (κ1) is 20.6. The monoisotopic (exact) mass is 411 g/mol. The van der Waals surface area contributed by atoms with Crippen LogP contribution in [0.1, 0.15) is 17.7 Å². The van der Waals surface area contributed by atoms with Gasteiger partial charge in [0.25, 0.3) is 5.56 Å². The molecule has 0 aliphatic carbocycles. The number of hydrogen-bond donors (Lipinski definition) is 1. The number of aryl methyl sites for hydroxylation is 2. The van der Waals surface area contributed by atoms with Crippen molar-refractivity contribution in [3.8, 4) is 16.9 Å². The largest absolute Gasteiger partial charge is 0.485 e. The van der Waals surface area contributed by atoms with Crippen LogP contribution in [-0.2, 0) is 24.9 Å². The van der Waals surface area contributed by atoms with Gasteiger partial charge in [-0.05, 0) is 53.4 Å². The van der Waals surface area contributed by atoms with Crippen molar-refractivity contribution in [2.45, 2.75) is 19.4 Å². The highest BCUT2D eigenvalue weighted by Gasteiger charge is 2.14. The second-order valence-corrected chi connectivity index (χ2v) is 6.97. The Balaban J connectivity index is 2.06. The maximum atomic E-state index is 11.9. The lowest BCUT2D eigenvalue weighted by atomic mass is 9.99. The zero-order valence-electron chi connectivity index (χ0n) is 16.3. The van der Waals surface area contributed by atoms with Crippen LogP contribution >= 0.6 is 11.6 Å². The molecule has 0 unspecified atom stereocenters. The second-order valence-electron chi connectivity index (χ2n) is 6.57. The molecule has 0 saturated heterocycles. The molecule has 3 rings (SSSR count). The molecule has 29 heavy (non-hydrogen) atoms. The Labute approximate surface area is 174 Å². The number of halogens is 1. The minimum absolute atomic E-state index is 0.146. The van der Waals surface area contributed by atoms with Crippen LogP contribution in [0.5, 0.6) is 5.75 Å². The molecule has 6 nitrogen and oxygen atoms in total. The summed E-state index contributed by atoms with van der Waals surface area (Å²) in [4.78, 5) is 27.2. The van der Waals surface area contributed by atoms with Crippen LogP contribution in [0.2, 0.25) is 5.02 Å². The van der Waals surface area contributed by atoms with Gasteiger partial charge in [0.2, 0.25) is 0 Å². The van der Waals surface area contributed by atoms with Crippen LogP contribution in [0, 0.1) is 0 Å². The summed E-state index contributed by atoms with van der Waals surface area (Å²) >= 11 is 6.10. The molecule has 2 aromatic heterocycles. The number of anilines is 1.